The molecule has 0 bridgehead atoms. The fourth-order valence-corrected chi connectivity index (χ4v) is 4.39. The van der Waals surface area contributed by atoms with E-state index in [2.05, 4.69) is 32.5 Å². The molecule has 3 aromatic rings. The van der Waals surface area contributed by atoms with Crippen molar-refractivity contribution in [1.29, 1.82) is 0 Å². The predicted octanol–water partition coefficient (Wildman–Crippen LogP) is 3.69. The molecule has 1 aliphatic rings. The van der Waals surface area contributed by atoms with E-state index in [1.807, 2.05) is 29.6 Å². The van der Waals surface area contributed by atoms with Gasteiger partial charge >= 0.3 is 0 Å². The fourth-order valence-electron chi connectivity index (χ4n) is 3.74. The van der Waals surface area contributed by atoms with Gasteiger partial charge in [0.2, 0.25) is 17.6 Å². The van der Waals surface area contributed by atoms with E-state index in [1.54, 1.807) is 18.4 Å². The number of amides is 1. The van der Waals surface area contributed by atoms with Crippen LogP contribution >= 0.6 is 11.3 Å². The Balaban J connectivity index is 1.33. The second-order valence-corrected chi connectivity index (χ2v) is 8.28. The summed E-state index contributed by atoms with van der Waals surface area (Å²) in [5.41, 5.74) is 1.16. The Bertz CT molecular complexity index is 951. The van der Waals surface area contributed by atoms with Crippen molar-refractivity contribution in [2.75, 3.05) is 26.7 Å². The molecule has 0 radical (unpaired) electrons. The number of nitrogens with one attached hydrogen (secondary N) is 1. The molecule has 0 aliphatic carbocycles. The second-order valence-electron chi connectivity index (χ2n) is 7.33. The first kappa shape index (κ1) is 20.6. The number of nitrogens with zero attached hydrogens (tertiary/aromatic N) is 3. The Morgan fingerprint density at radius 3 is 2.93 bits per heavy atom. The highest BCUT2D eigenvalue weighted by Gasteiger charge is 2.24. The molecule has 1 fully saturated rings. The van der Waals surface area contributed by atoms with Gasteiger partial charge in [0.1, 0.15) is 5.75 Å². The first-order chi connectivity index (χ1) is 14.7. The van der Waals surface area contributed by atoms with Crippen molar-refractivity contribution in [2.45, 2.75) is 31.7 Å². The summed E-state index contributed by atoms with van der Waals surface area (Å²) in [6.07, 6.45) is 3.13. The normalized spacial score (nSPS) is 15.2. The van der Waals surface area contributed by atoms with Crippen molar-refractivity contribution in [2.24, 2.45) is 0 Å². The van der Waals surface area contributed by atoms with Gasteiger partial charge in [-0.1, -0.05) is 23.4 Å². The Morgan fingerprint density at radius 2 is 2.17 bits per heavy atom. The number of hydrogen-bond donors (Lipinski definition) is 1. The third-order valence-corrected chi connectivity index (χ3v) is 6.19. The molecule has 0 saturated carbocycles. The van der Waals surface area contributed by atoms with Crippen LogP contribution in [-0.4, -0.2) is 47.7 Å². The average Bonchev–Trinajstić information content (AvgIpc) is 3.55. The van der Waals surface area contributed by atoms with Crippen LogP contribution in [0.5, 0.6) is 5.75 Å². The minimum Gasteiger partial charge on any atom is -0.497 e. The lowest BCUT2D eigenvalue weighted by molar-refractivity contribution is -0.121. The quantitative estimate of drug-likeness (QED) is 0.562. The highest BCUT2D eigenvalue weighted by Crippen LogP contribution is 2.27. The van der Waals surface area contributed by atoms with Crippen molar-refractivity contribution in [3.8, 4) is 16.5 Å². The summed E-state index contributed by atoms with van der Waals surface area (Å²) in [7, 11) is 1.67. The molecule has 8 heteroatoms. The van der Waals surface area contributed by atoms with Crippen LogP contribution in [0.2, 0.25) is 0 Å². The maximum absolute atomic E-state index is 12.5. The molecule has 30 heavy (non-hydrogen) atoms. The molecule has 3 heterocycles. The monoisotopic (exact) mass is 426 g/mol. The minimum atomic E-state index is -0.0158. The summed E-state index contributed by atoms with van der Waals surface area (Å²) in [5, 5.41) is 9.05. The number of thiophene rings is 1. The zero-order chi connectivity index (χ0) is 20.8. The summed E-state index contributed by atoms with van der Waals surface area (Å²) >= 11 is 1.56. The maximum atomic E-state index is 12.5. The maximum Gasteiger partial charge on any atom is 0.227 e. The largest absolute Gasteiger partial charge is 0.497 e. The molecule has 1 N–H and O–H groups in total. The number of benzene rings is 1. The van der Waals surface area contributed by atoms with Crippen LogP contribution in [0.3, 0.4) is 0 Å². The molecule has 1 amide bonds. The number of methoxy groups -OCH3 is 1. The average molecular weight is 427 g/mol. The van der Waals surface area contributed by atoms with Gasteiger partial charge in [0.15, 0.2) is 0 Å². The number of rotatable bonds is 9. The molecular weight excluding hydrogens is 400 g/mol. The van der Waals surface area contributed by atoms with Gasteiger partial charge in [-0.25, -0.2) is 0 Å². The molecule has 1 unspecified atom stereocenters. The van der Waals surface area contributed by atoms with Crippen LogP contribution in [0.25, 0.3) is 10.7 Å². The molecule has 1 aromatic carbocycles. The second kappa shape index (κ2) is 9.86. The third-order valence-electron chi connectivity index (χ3n) is 5.33. The number of carbonyl (C=O) groups excluding carboxylic acids is 1. The van der Waals surface area contributed by atoms with E-state index in [4.69, 9.17) is 9.26 Å². The lowest BCUT2D eigenvalue weighted by Gasteiger charge is -2.28. The van der Waals surface area contributed by atoms with E-state index < -0.39 is 0 Å². The molecule has 1 aliphatic heterocycles. The van der Waals surface area contributed by atoms with E-state index in [0.29, 0.717) is 31.1 Å². The number of aryl methyl sites for hydroxylation is 1. The first-order valence-corrected chi connectivity index (χ1v) is 11.1. The summed E-state index contributed by atoms with van der Waals surface area (Å²) in [6, 6.07) is 12.1. The molecule has 0 spiro atoms. The van der Waals surface area contributed by atoms with Gasteiger partial charge in [0, 0.05) is 19.4 Å². The van der Waals surface area contributed by atoms with E-state index in [-0.39, 0.29) is 11.9 Å². The molecule has 158 valence electrons. The summed E-state index contributed by atoms with van der Waals surface area (Å²) in [4.78, 5) is 20.3. The molecule has 1 saturated heterocycles. The van der Waals surface area contributed by atoms with E-state index in [1.165, 1.54) is 12.8 Å². The van der Waals surface area contributed by atoms with E-state index in [0.717, 1.165) is 29.3 Å². The van der Waals surface area contributed by atoms with E-state index >= 15 is 0 Å². The van der Waals surface area contributed by atoms with Gasteiger partial charge in [-0.2, -0.15) is 4.98 Å². The number of likely N-dealkylation sites (tertiary alicyclic amines) is 1. The molecule has 7 nitrogen and oxygen atoms in total. The van der Waals surface area contributed by atoms with E-state index in [9.17, 15) is 4.79 Å². The van der Waals surface area contributed by atoms with Crippen LogP contribution in [0.15, 0.2) is 46.3 Å². The zero-order valence-corrected chi connectivity index (χ0v) is 17.9. The van der Waals surface area contributed by atoms with Crippen LogP contribution in [0, 0.1) is 0 Å². The van der Waals surface area contributed by atoms with Crippen molar-refractivity contribution in [1.82, 2.24) is 20.4 Å². The highest BCUT2D eigenvalue weighted by molar-refractivity contribution is 7.13. The fraction of sp³-hybridized carbons (Fsp3) is 0.409. The van der Waals surface area contributed by atoms with Crippen LogP contribution in [0.1, 0.15) is 36.8 Å². The summed E-state index contributed by atoms with van der Waals surface area (Å²) in [5.74, 6) is 1.88. The number of hydrogen-bond acceptors (Lipinski definition) is 7. The van der Waals surface area contributed by atoms with Crippen molar-refractivity contribution < 1.29 is 14.1 Å². The Morgan fingerprint density at radius 1 is 1.30 bits per heavy atom. The lowest BCUT2D eigenvalue weighted by Crippen LogP contribution is -2.36. The van der Waals surface area contributed by atoms with Crippen LogP contribution < -0.4 is 10.1 Å². The SMILES string of the molecule is COc1cccc(C(CNC(=O)CCc2nc(-c3cccs3)no2)N2CCCC2)c1. The van der Waals surface area contributed by atoms with Gasteiger partial charge in [-0.3, -0.25) is 9.69 Å². The predicted molar refractivity (Wildman–Crippen MR) is 115 cm³/mol. The van der Waals surface area contributed by atoms with Crippen molar-refractivity contribution >= 4 is 17.2 Å². The smallest absolute Gasteiger partial charge is 0.227 e. The number of carbonyl (C=O) groups is 1. The van der Waals surface area contributed by atoms with Crippen LogP contribution in [0.4, 0.5) is 0 Å². The summed E-state index contributed by atoms with van der Waals surface area (Å²) < 4.78 is 10.7. The van der Waals surface area contributed by atoms with Crippen LogP contribution in [-0.2, 0) is 11.2 Å². The highest BCUT2D eigenvalue weighted by atomic mass is 32.1. The van der Waals surface area contributed by atoms with Gasteiger partial charge in [0.05, 0.1) is 18.0 Å². The minimum absolute atomic E-state index is 0.0158. The molecule has 1 atom stereocenters. The topological polar surface area (TPSA) is 80.5 Å². The summed E-state index contributed by atoms with van der Waals surface area (Å²) in [6.45, 7) is 2.66. The third kappa shape index (κ3) is 5.06. The standard InChI is InChI=1S/C22H26N4O3S/c1-28-17-7-4-6-16(14-17)18(26-11-2-3-12-26)15-23-20(27)9-10-21-24-22(25-29-21)19-8-5-13-30-19/h4-8,13-14,18H,2-3,9-12,15H2,1H3,(H,23,27). The Kier molecular flexibility index (Phi) is 6.76. The van der Waals surface area contributed by atoms with Gasteiger partial charge in [-0.05, 0) is 55.1 Å². The lowest BCUT2D eigenvalue weighted by atomic mass is 10.0. The number of aromatic nitrogens is 2. The van der Waals surface area contributed by atoms with Crippen molar-refractivity contribution in [3.63, 3.8) is 0 Å². The molecular formula is C22H26N4O3S. The first-order valence-electron chi connectivity index (χ1n) is 10.2. The zero-order valence-electron chi connectivity index (χ0n) is 17.0. The Labute approximate surface area is 180 Å². The van der Waals surface area contributed by atoms with Gasteiger partial charge < -0.3 is 14.6 Å². The van der Waals surface area contributed by atoms with Gasteiger partial charge in [-0.15, -0.1) is 11.3 Å². The number of ether oxygens (including phenoxy) is 1. The Hall–Kier alpha value is -2.71. The van der Waals surface area contributed by atoms with Crippen molar-refractivity contribution in [3.05, 3.63) is 53.2 Å². The van der Waals surface area contributed by atoms with Gasteiger partial charge in [0.25, 0.3) is 0 Å². The molecule has 2 aromatic heterocycles. The molecule has 4 rings (SSSR count).